The normalized spacial score (nSPS) is 10.2. The van der Waals surface area contributed by atoms with Crippen molar-refractivity contribution in [3.63, 3.8) is 0 Å². The second-order valence-electron chi connectivity index (χ2n) is 1.87. The summed E-state index contributed by atoms with van der Waals surface area (Å²) in [5.74, 6) is 0. The molecule has 0 aromatic rings. The zero-order valence-corrected chi connectivity index (χ0v) is 6.18. The van der Waals surface area contributed by atoms with Crippen molar-refractivity contribution in [1.82, 2.24) is 5.32 Å². The van der Waals surface area contributed by atoms with E-state index in [-0.39, 0.29) is 6.61 Å². The van der Waals surface area contributed by atoms with Gasteiger partial charge in [-0.3, -0.25) is 0 Å². The lowest BCUT2D eigenvalue weighted by Crippen LogP contribution is -2.23. The summed E-state index contributed by atoms with van der Waals surface area (Å²) < 4.78 is 5.06. The smallest absolute Gasteiger partial charge is 0.0591 e. The van der Waals surface area contributed by atoms with Gasteiger partial charge in [-0.2, -0.15) is 0 Å². The van der Waals surface area contributed by atoms with Gasteiger partial charge >= 0.3 is 0 Å². The average molecular weight is 148 g/mol. The topological polar surface area (TPSA) is 67.5 Å². The maximum absolute atomic E-state index is 8.35. The highest BCUT2D eigenvalue weighted by atomic mass is 16.5. The van der Waals surface area contributed by atoms with Crippen molar-refractivity contribution in [1.29, 1.82) is 0 Å². The molecule has 0 atom stereocenters. The van der Waals surface area contributed by atoms with Crippen LogP contribution in [0.1, 0.15) is 0 Å². The average Bonchev–Trinajstić information content (AvgIpc) is 1.97. The van der Waals surface area contributed by atoms with Gasteiger partial charge in [-0.25, -0.2) is 0 Å². The highest BCUT2D eigenvalue weighted by molar-refractivity contribution is 4.43. The molecule has 0 saturated heterocycles. The Morgan fingerprint density at radius 3 is 2.70 bits per heavy atom. The fourth-order valence-electron chi connectivity index (χ4n) is 0.534. The van der Waals surface area contributed by atoms with Crippen LogP contribution in [-0.4, -0.2) is 44.6 Å². The largest absolute Gasteiger partial charge is 0.395 e. The molecule has 4 nitrogen and oxygen atoms in total. The monoisotopic (exact) mass is 148 g/mol. The predicted octanol–water partition coefficient (Wildman–Crippen LogP) is -1.46. The zero-order chi connectivity index (χ0) is 7.66. The summed E-state index contributed by atoms with van der Waals surface area (Å²) >= 11 is 0. The first-order chi connectivity index (χ1) is 4.91. The Labute approximate surface area is 61.4 Å². The number of rotatable bonds is 7. The van der Waals surface area contributed by atoms with Crippen LogP contribution in [0.2, 0.25) is 0 Å². The second kappa shape index (κ2) is 8.84. The molecule has 0 amide bonds. The van der Waals surface area contributed by atoms with Crippen LogP contribution in [0.5, 0.6) is 0 Å². The molecule has 0 heterocycles. The van der Waals surface area contributed by atoms with E-state index >= 15 is 0 Å². The Bertz CT molecular complexity index is 53.7. The van der Waals surface area contributed by atoms with Crippen molar-refractivity contribution in [3.8, 4) is 0 Å². The van der Waals surface area contributed by atoms with E-state index in [1.807, 2.05) is 0 Å². The molecule has 0 unspecified atom stereocenters. The first kappa shape index (κ1) is 9.84. The molecule has 0 fully saturated rings. The van der Waals surface area contributed by atoms with Crippen molar-refractivity contribution in [3.05, 3.63) is 0 Å². The molecule has 0 aromatic carbocycles. The van der Waals surface area contributed by atoms with Crippen LogP contribution in [0.25, 0.3) is 0 Å². The summed E-state index contributed by atoms with van der Waals surface area (Å²) in [6.45, 7) is 3.43. The molecule has 0 spiro atoms. The highest BCUT2D eigenvalue weighted by Gasteiger charge is 1.85. The number of hydrogen-bond acceptors (Lipinski definition) is 4. The molecule has 0 radical (unpaired) electrons. The van der Waals surface area contributed by atoms with Crippen molar-refractivity contribution >= 4 is 0 Å². The summed E-state index contributed by atoms with van der Waals surface area (Å²) in [4.78, 5) is 0. The lowest BCUT2D eigenvalue weighted by molar-refractivity contribution is 0.142. The Hall–Kier alpha value is -0.160. The van der Waals surface area contributed by atoms with Gasteiger partial charge in [0.1, 0.15) is 0 Å². The van der Waals surface area contributed by atoms with Gasteiger partial charge in [0.2, 0.25) is 0 Å². The van der Waals surface area contributed by atoms with Crippen molar-refractivity contribution in [2.24, 2.45) is 5.73 Å². The molecule has 0 aliphatic heterocycles. The Kier molecular flexibility index (Phi) is 8.70. The molecule has 4 heteroatoms. The molecule has 0 aromatic heterocycles. The molecule has 0 saturated carbocycles. The number of ether oxygens (including phenoxy) is 1. The van der Waals surface area contributed by atoms with E-state index in [4.69, 9.17) is 15.6 Å². The maximum atomic E-state index is 8.35. The molecule has 4 N–H and O–H groups in total. The lowest BCUT2D eigenvalue weighted by atomic mass is 10.6. The molecule has 0 rings (SSSR count). The van der Waals surface area contributed by atoms with E-state index in [0.717, 1.165) is 6.54 Å². The summed E-state index contributed by atoms with van der Waals surface area (Å²) in [5.41, 5.74) is 5.18. The van der Waals surface area contributed by atoms with Gasteiger partial charge in [0.15, 0.2) is 0 Å². The van der Waals surface area contributed by atoms with Crippen LogP contribution in [0.3, 0.4) is 0 Å². The minimum atomic E-state index is 0.177. The quantitative estimate of drug-likeness (QED) is 0.386. The molecule has 0 bridgehead atoms. The standard InChI is InChI=1S/C6H16N2O2/c7-1-5-10-6-3-8-2-4-9/h8-9H,1-7H2. The van der Waals surface area contributed by atoms with Crippen LogP contribution < -0.4 is 11.1 Å². The molecule has 0 aliphatic carbocycles. The van der Waals surface area contributed by atoms with E-state index in [9.17, 15) is 0 Å². The summed E-state index contributed by atoms with van der Waals surface area (Å²) in [5, 5.41) is 11.3. The van der Waals surface area contributed by atoms with Crippen LogP contribution in [0.15, 0.2) is 0 Å². The lowest BCUT2D eigenvalue weighted by Gasteiger charge is -2.02. The first-order valence-corrected chi connectivity index (χ1v) is 3.51. The van der Waals surface area contributed by atoms with E-state index in [2.05, 4.69) is 5.32 Å². The fraction of sp³-hybridized carbons (Fsp3) is 1.00. The maximum Gasteiger partial charge on any atom is 0.0591 e. The predicted molar refractivity (Wildman–Crippen MR) is 39.8 cm³/mol. The van der Waals surface area contributed by atoms with E-state index in [1.54, 1.807) is 0 Å². The number of aliphatic hydroxyl groups excluding tert-OH is 1. The van der Waals surface area contributed by atoms with Crippen LogP contribution in [-0.2, 0) is 4.74 Å². The molecular formula is C6H16N2O2. The number of hydrogen-bond donors (Lipinski definition) is 3. The van der Waals surface area contributed by atoms with Gasteiger partial charge in [-0.15, -0.1) is 0 Å². The second-order valence-corrected chi connectivity index (χ2v) is 1.87. The Morgan fingerprint density at radius 2 is 2.10 bits per heavy atom. The minimum absolute atomic E-state index is 0.177. The minimum Gasteiger partial charge on any atom is -0.395 e. The van der Waals surface area contributed by atoms with Crippen molar-refractivity contribution in [2.45, 2.75) is 0 Å². The van der Waals surface area contributed by atoms with Gasteiger partial charge in [-0.1, -0.05) is 0 Å². The van der Waals surface area contributed by atoms with Gasteiger partial charge < -0.3 is 20.9 Å². The Balaban J connectivity index is 2.65. The van der Waals surface area contributed by atoms with Gasteiger partial charge in [0.25, 0.3) is 0 Å². The molecule has 0 aliphatic rings. The molecule has 62 valence electrons. The third-order valence-corrected chi connectivity index (χ3v) is 0.974. The first-order valence-electron chi connectivity index (χ1n) is 3.51. The third kappa shape index (κ3) is 7.84. The fourth-order valence-corrected chi connectivity index (χ4v) is 0.534. The number of nitrogens with one attached hydrogen (secondary N) is 1. The highest BCUT2D eigenvalue weighted by Crippen LogP contribution is 1.69. The van der Waals surface area contributed by atoms with Crippen LogP contribution in [0, 0.1) is 0 Å². The Morgan fingerprint density at radius 1 is 1.30 bits per heavy atom. The summed E-state index contributed by atoms with van der Waals surface area (Å²) in [7, 11) is 0. The van der Waals surface area contributed by atoms with Gasteiger partial charge in [0.05, 0.1) is 19.8 Å². The molecule has 10 heavy (non-hydrogen) atoms. The van der Waals surface area contributed by atoms with Crippen molar-refractivity contribution < 1.29 is 9.84 Å². The van der Waals surface area contributed by atoms with E-state index in [0.29, 0.717) is 26.3 Å². The van der Waals surface area contributed by atoms with E-state index < -0.39 is 0 Å². The zero-order valence-electron chi connectivity index (χ0n) is 6.18. The summed E-state index contributed by atoms with van der Waals surface area (Å²) in [6.07, 6.45) is 0. The van der Waals surface area contributed by atoms with E-state index in [1.165, 1.54) is 0 Å². The number of aliphatic hydroxyl groups is 1. The SMILES string of the molecule is NCCOCCNCCO. The summed E-state index contributed by atoms with van der Waals surface area (Å²) in [6, 6.07) is 0. The van der Waals surface area contributed by atoms with Gasteiger partial charge in [-0.05, 0) is 0 Å². The van der Waals surface area contributed by atoms with Gasteiger partial charge in [0, 0.05) is 19.6 Å². The van der Waals surface area contributed by atoms with Crippen LogP contribution >= 0.6 is 0 Å². The van der Waals surface area contributed by atoms with Crippen LogP contribution in [0.4, 0.5) is 0 Å². The third-order valence-electron chi connectivity index (χ3n) is 0.974. The number of nitrogens with two attached hydrogens (primary N) is 1. The molecular weight excluding hydrogens is 132 g/mol. The van der Waals surface area contributed by atoms with Crippen molar-refractivity contribution in [2.75, 3.05) is 39.5 Å².